The van der Waals surface area contributed by atoms with E-state index in [0.29, 0.717) is 6.07 Å². The summed E-state index contributed by atoms with van der Waals surface area (Å²) in [7, 11) is -3.24. The van der Waals surface area contributed by atoms with Crippen LogP contribution in [0.2, 0.25) is 0 Å². The predicted octanol–water partition coefficient (Wildman–Crippen LogP) is 1.39. The van der Waals surface area contributed by atoms with Gasteiger partial charge in [-0.1, -0.05) is 13.8 Å². The summed E-state index contributed by atoms with van der Waals surface area (Å²) in [6.45, 7) is 3.48. The van der Waals surface area contributed by atoms with E-state index in [1.807, 2.05) is 4.72 Å². The van der Waals surface area contributed by atoms with Gasteiger partial charge in [-0.25, -0.2) is 17.6 Å². The number of aliphatic carboxylic acids is 1. The first kappa shape index (κ1) is 19.0. The zero-order valence-electron chi connectivity index (χ0n) is 12.9. The Balaban J connectivity index is 3.19. The molecule has 128 valence electrons. The Hall–Kier alpha value is -2.00. The molecule has 9 heteroatoms. The van der Waals surface area contributed by atoms with Crippen molar-refractivity contribution < 1.29 is 32.2 Å². The van der Waals surface area contributed by atoms with Crippen molar-refractivity contribution in [1.82, 2.24) is 4.72 Å². The van der Waals surface area contributed by atoms with E-state index in [1.54, 1.807) is 13.8 Å². The topological polar surface area (TPSA) is 110 Å². The summed E-state index contributed by atoms with van der Waals surface area (Å²) in [6, 6.07) is 1.09. The molecule has 0 aliphatic carbocycles. The van der Waals surface area contributed by atoms with E-state index in [9.17, 15) is 22.4 Å². The number of sulfonamides is 1. The van der Waals surface area contributed by atoms with Gasteiger partial charge >= 0.3 is 11.9 Å². The highest BCUT2D eigenvalue weighted by Gasteiger charge is 2.27. The van der Waals surface area contributed by atoms with Crippen molar-refractivity contribution in [2.45, 2.75) is 31.2 Å². The third-order valence-corrected chi connectivity index (χ3v) is 4.36. The number of carboxylic acids is 1. The lowest BCUT2D eigenvalue weighted by Gasteiger charge is -2.17. The molecule has 0 saturated carbocycles. The summed E-state index contributed by atoms with van der Waals surface area (Å²) >= 11 is 0. The van der Waals surface area contributed by atoms with E-state index < -0.39 is 38.7 Å². The molecule has 0 radical (unpaired) electrons. The van der Waals surface area contributed by atoms with E-state index in [2.05, 4.69) is 4.74 Å². The number of halogens is 1. The standard InChI is InChI=1S/C14H18FNO6S/c1-8(2)4-12(13(17)18)16-23(20,21)11-6-9(14(19)22-3)5-10(15)7-11/h5-8,12,16H,4H2,1-3H3,(H,17,18). The van der Waals surface area contributed by atoms with Crippen LogP contribution in [0.3, 0.4) is 0 Å². The number of ether oxygens (including phenoxy) is 1. The average Bonchev–Trinajstić information content (AvgIpc) is 2.44. The fourth-order valence-electron chi connectivity index (χ4n) is 1.88. The number of methoxy groups -OCH3 is 1. The molecule has 23 heavy (non-hydrogen) atoms. The van der Waals surface area contributed by atoms with Gasteiger partial charge in [0.25, 0.3) is 0 Å². The van der Waals surface area contributed by atoms with Gasteiger partial charge in [-0.3, -0.25) is 4.79 Å². The van der Waals surface area contributed by atoms with Gasteiger partial charge in [0.15, 0.2) is 0 Å². The Kier molecular flexibility index (Phi) is 6.22. The summed E-state index contributed by atoms with van der Waals surface area (Å²) < 4.78 is 44.5. The maximum absolute atomic E-state index is 13.5. The summed E-state index contributed by atoms with van der Waals surface area (Å²) in [6.07, 6.45) is 0.0632. The number of hydrogen-bond acceptors (Lipinski definition) is 5. The highest BCUT2D eigenvalue weighted by atomic mass is 32.2. The number of rotatable bonds is 7. The minimum absolute atomic E-state index is 0.0632. The second kappa shape index (κ2) is 7.51. The first-order valence-electron chi connectivity index (χ1n) is 6.71. The Morgan fingerprint density at radius 1 is 1.30 bits per heavy atom. The van der Waals surface area contributed by atoms with Crippen LogP contribution in [-0.4, -0.2) is 38.6 Å². The minimum Gasteiger partial charge on any atom is -0.480 e. The molecule has 0 aliphatic heterocycles. The first-order valence-corrected chi connectivity index (χ1v) is 8.19. The summed E-state index contributed by atoms with van der Waals surface area (Å²) in [5.74, 6) is -3.27. The van der Waals surface area contributed by atoms with Crippen LogP contribution >= 0.6 is 0 Å². The molecule has 1 aromatic rings. The number of esters is 1. The smallest absolute Gasteiger partial charge is 0.337 e. The molecule has 0 aliphatic rings. The first-order chi connectivity index (χ1) is 10.6. The van der Waals surface area contributed by atoms with E-state index >= 15 is 0 Å². The summed E-state index contributed by atoms with van der Waals surface area (Å²) in [5, 5.41) is 9.09. The van der Waals surface area contributed by atoms with Crippen molar-refractivity contribution in [3.63, 3.8) is 0 Å². The zero-order chi connectivity index (χ0) is 17.8. The van der Waals surface area contributed by atoms with E-state index in [4.69, 9.17) is 5.11 Å². The van der Waals surface area contributed by atoms with Crippen molar-refractivity contribution in [3.8, 4) is 0 Å². The maximum atomic E-state index is 13.5. The number of nitrogens with one attached hydrogen (secondary N) is 1. The minimum atomic E-state index is -4.32. The SMILES string of the molecule is COC(=O)c1cc(F)cc(S(=O)(=O)NC(CC(C)C)C(=O)O)c1. The van der Waals surface area contributed by atoms with Gasteiger partial charge in [0.2, 0.25) is 10.0 Å². The van der Waals surface area contributed by atoms with Crippen molar-refractivity contribution in [2.24, 2.45) is 5.92 Å². The molecule has 0 heterocycles. The largest absolute Gasteiger partial charge is 0.480 e. The Labute approximate surface area is 133 Å². The third-order valence-electron chi connectivity index (χ3n) is 2.91. The van der Waals surface area contributed by atoms with Crippen LogP contribution in [0.4, 0.5) is 4.39 Å². The maximum Gasteiger partial charge on any atom is 0.337 e. The molecule has 0 aromatic heterocycles. The van der Waals surface area contributed by atoms with Crippen molar-refractivity contribution >= 4 is 22.0 Å². The van der Waals surface area contributed by atoms with Gasteiger partial charge in [0, 0.05) is 0 Å². The van der Waals surface area contributed by atoms with Crippen LogP contribution < -0.4 is 4.72 Å². The van der Waals surface area contributed by atoms with Crippen LogP contribution in [0.25, 0.3) is 0 Å². The average molecular weight is 347 g/mol. The number of carbonyl (C=O) groups excluding carboxylic acids is 1. The van der Waals surface area contributed by atoms with Gasteiger partial charge in [-0.05, 0) is 30.5 Å². The third kappa shape index (κ3) is 5.29. The molecular formula is C14H18FNO6S. The molecule has 0 bridgehead atoms. The van der Waals surface area contributed by atoms with Gasteiger partial charge in [0.05, 0.1) is 17.6 Å². The van der Waals surface area contributed by atoms with Gasteiger partial charge in [-0.2, -0.15) is 4.72 Å². The molecule has 0 spiro atoms. The van der Waals surface area contributed by atoms with E-state index in [0.717, 1.165) is 19.2 Å². The lowest BCUT2D eigenvalue weighted by molar-refractivity contribution is -0.139. The molecule has 2 N–H and O–H groups in total. The molecular weight excluding hydrogens is 329 g/mol. The quantitative estimate of drug-likeness (QED) is 0.721. The number of carbonyl (C=O) groups is 2. The molecule has 7 nitrogen and oxygen atoms in total. The second-order valence-electron chi connectivity index (χ2n) is 5.31. The fourth-order valence-corrected chi connectivity index (χ4v) is 3.14. The highest BCUT2D eigenvalue weighted by Crippen LogP contribution is 2.17. The molecule has 1 rings (SSSR count). The Morgan fingerprint density at radius 2 is 1.91 bits per heavy atom. The number of carboxylic acid groups (broad SMARTS) is 1. The second-order valence-corrected chi connectivity index (χ2v) is 7.02. The molecule has 0 saturated heterocycles. The van der Waals surface area contributed by atoms with Gasteiger partial charge in [-0.15, -0.1) is 0 Å². The lowest BCUT2D eigenvalue weighted by atomic mass is 10.1. The Bertz CT molecular complexity index is 701. The van der Waals surface area contributed by atoms with Gasteiger partial charge in [0.1, 0.15) is 11.9 Å². The monoisotopic (exact) mass is 347 g/mol. The molecule has 0 fully saturated rings. The zero-order valence-corrected chi connectivity index (χ0v) is 13.7. The van der Waals surface area contributed by atoms with E-state index in [1.165, 1.54) is 0 Å². The summed E-state index contributed by atoms with van der Waals surface area (Å²) in [4.78, 5) is 22.0. The van der Waals surface area contributed by atoms with Crippen molar-refractivity contribution in [1.29, 1.82) is 0 Å². The van der Waals surface area contributed by atoms with Crippen LogP contribution in [0.5, 0.6) is 0 Å². The van der Waals surface area contributed by atoms with Crippen molar-refractivity contribution in [2.75, 3.05) is 7.11 Å². The fraction of sp³-hybridized carbons (Fsp3) is 0.429. The van der Waals surface area contributed by atoms with Gasteiger partial charge < -0.3 is 9.84 Å². The molecule has 0 amide bonds. The molecule has 1 unspecified atom stereocenters. The predicted molar refractivity (Wildman–Crippen MR) is 78.9 cm³/mol. The number of hydrogen-bond donors (Lipinski definition) is 2. The van der Waals surface area contributed by atoms with E-state index in [-0.39, 0.29) is 17.9 Å². The van der Waals surface area contributed by atoms with Crippen LogP contribution in [0, 0.1) is 11.7 Å². The highest BCUT2D eigenvalue weighted by molar-refractivity contribution is 7.89. The number of benzene rings is 1. The molecule has 1 aromatic carbocycles. The van der Waals surface area contributed by atoms with Crippen LogP contribution in [0.1, 0.15) is 30.6 Å². The van der Waals surface area contributed by atoms with Crippen LogP contribution in [-0.2, 0) is 19.6 Å². The Morgan fingerprint density at radius 3 is 2.39 bits per heavy atom. The summed E-state index contributed by atoms with van der Waals surface area (Å²) in [5.41, 5.74) is -0.288. The molecule has 1 atom stereocenters. The lowest BCUT2D eigenvalue weighted by Crippen LogP contribution is -2.41. The normalized spacial score (nSPS) is 12.9. The van der Waals surface area contributed by atoms with Crippen molar-refractivity contribution in [3.05, 3.63) is 29.6 Å². The van der Waals surface area contributed by atoms with Crippen LogP contribution in [0.15, 0.2) is 23.1 Å².